The molecular formula is C20H22FNO2. The van der Waals surface area contributed by atoms with Gasteiger partial charge in [0.25, 0.3) is 0 Å². The van der Waals surface area contributed by atoms with E-state index >= 15 is 0 Å². The zero-order valence-corrected chi connectivity index (χ0v) is 13.7. The van der Waals surface area contributed by atoms with E-state index in [-0.39, 0.29) is 17.6 Å². The number of ether oxygens (including phenoxy) is 1. The normalized spacial score (nSPS) is 17.8. The van der Waals surface area contributed by atoms with Crippen molar-refractivity contribution in [2.75, 3.05) is 19.7 Å². The topological polar surface area (TPSA) is 29.5 Å². The predicted octanol–water partition coefficient (Wildman–Crippen LogP) is 3.94. The van der Waals surface area contributed by atoms with Crippen LogP contribution in [0.3, 0.4) is 0 Å². The lowest BCUT2D eigenvalue weighted by atomic mass is 10.0. The molecular weight excluding hydrogens is 305 g/mol. The quantitative estimate of drug-likeness (QED) is 0.570. The van der Waals surface area contributed by atoms with Gasteiger partial charge in [0.05, 0.1) is 12.6 Å². The van der Waals surface area contributed by atoms with Crippen LogP contribution >= 0.6 is 0 Å². The summed E-state index contributed by atoms with van der Waals surface area (Å²) in [5, 5.41) is 0. The minimum absolute atomic E-state index is 0.0906. The molecule has 2 aromatic carbocycles. The molecule has 3 rings (SSSR count). The fourth-order valence-electron chi connectivity index (χ4n) is 3.17. The van der Waals surface area contributed by atoms with Gasteiger partial charge >= 0.3 is 0 Å². The number of ketones is 1. The Morgan fingerprint density at radius 3 is 2.62 bits per heavy atom. The minimum Gasteiger partial charge on any atom is -0.494 e. The van der Waals surface area contributed by atoms with E-state index in [0.29, 0.717) is 12.2 Å². The van der Waals surface area contributed by atoms with Crippen molar-refractivity contribution in [3.05, 3.63) is 66.0 Å². The van der Waals surface area contributed by atoms with Crippen LogP contribution in [0, 0.1) is 5.82 Å². The highest BCUT2D eigenvalue weighted by molar-refractivity contribution is 6.00. The number of likely N-dealkylation sites (tertiary alicyclic amines) is 1. The molecule has 1 aliphatic heterocycles. The first-order valence-electron chi connectivity index (χ1n) is 8.46. The smallest absolute Gasteiger partial charge is 0.179 e. The van der Waals surface area contributed by atoms with Crippen LogP contribution in [-0.4, -0.2) is 36.4 Å². The highest BCUT2D eigenvalue weighted by Crippen LogP contribution is 2.22. The number of hydrogen-bond donors (Lipinski definition) is 0. The molecule has 0 radical (unpaired) electrons. The Bertz CT molecular complexity index is 657. The summed E-state index contributed by atoms with van der Waals surface area (Å²) < 4.78 is 18.7. The Morgan fingerprint density at radius 2 is 1.88 bits per heavy atom. The monoisotopic (exact) mass is 327 g/mol. The Balaban J connectivity index is 1.50. The second kappa shape index (κ2) is 8.06. The lowest BCUT2D eigenvalue weighted by Crippen LogP contribution is -2.37. The van der Waals surface area contributed by atoms with Gasteiger partial charge in [-0.15, -0.1) is 0 Å². The summed E-state index contributed by atoms with van der Waals surface area (Å²) >= 11 is 0. The average molecular weight is 327 g/mol. The lowest BCUT2D eigenvalue weighted by molar-refractivity contribution is 0.0862. The van der Waals surface area contributed by atoms with Crippen molar-refractivity contribution in [2.45, 2.75) is 25.3 Å². The fraction of sp³-hybridized carbons (Fsp3) is 0.350. The van der Waals surface area contributed by atoms with E-state index < -0.39 is 0 Å². The van der Waals surface area contributed by atoms with E-state index in [4.69, 9.17) is 4.74 Å². The van der Waals surface area contributed by atoms with E-state index in [1.165, 1.54) is 12.1 Å². The van der Waals surface area contributed by atoms with Gasteiger partial charge in [0.2, 0.25) is 0 Å². The van der Waals surface area contributed by atoms with Crippen LogP contribution in [0.25, 0.3) is 0 Å². The SMILES string of the molecule is O=C(c1ccc(F)cc1)C1CCCN1CCCOc1ccccc1. The van der Waals surface area contributed by atoms with Crippen molar-refractivity contribution in [3.63, 3.8) is 0 Å². The number of nitrogens with zero attached hydrogens (tertiary/aromatic N) is 1. The van der Waals surface area contributed by atoms with Gasteiger partial charge in [-0.05, 0) is 62.2 Å². The third-order valence-corrected chi connectivity index (χ3v) is 4.40. The maximum absolute atomic E-state index is 13.0. The third-order valence-electron chi connectivity index (χ3n) is 4.40. The Hall–Kier alpha value is -2.20. The Labute approximate surface area is 142 Å². The fourth-order valence-corrected chi connectivity index (χ4v) is 3.17. The molecule has 2 aromatic rings. The van der Waals surface area contributed by atoms with Crippen LogP contribution < -0.4 is 4.74 Å². The van der Waals surface area contributed by atoms with Crippen LogP contribution in [0.2, 0.25) is 0 Å². The van der Waals surface area contributed by atoms with Crippen LogP contribution in [0.15, 0.2) is 54.6 Å². The number of para-hydroxylation sites is 1. The number of benzene rings is 2. The molecule has 1 saturated heterocycles. The average Bonchev–Trinajstić information content (AvgIpc) is 3.08. The summed E-state index contributed by atoms with van der Waals surface area (Å²) in [6, 6.07) is 15.5. The molecule has 0 aliphatic carbocycles. The molecule has 126 valence electrons. The Kier molecular flexibility index (Phi) is 5.59. The van der Waals surface area contributed by atoms with E-state index in [1.807, 2.05) is 30.3 Å². The molecule has 4 heteroatoms. The summed E-state index contributed by atoms with van der Waals surface area (Å²) in [6.07, 6.45) is 2.77. The molecule has 0 amide bonds. The van der Waals surface area contributed by atoms with Gasteiger partial charge in [-0.1, -0.05) is 18.2 Å². The van der Waals surface area contributed by atoms with Gasteiger partial charge in [-0.2, -0.15) is 0 Å². The lowest BCUT2D eigenvalue weighted by Gasteiger charge is -2.23. The van der Waals surface area contributed by atoms with Gasteiger partial charge in [0, 0.05) is 12.1 Å². The van der Waals surface area contributed by atoms with Crippen LogP contribution in [-0.2, 0) is 0 Å². The van der Waals surface area contributed by atoms with Crippen LogP contribution in [0.1, 0.15) is 29.6 Å². The maximum Gasteiger partial charge on any atom is 0.179 e. The number of rotatable bonds is 7. The van der Waals surface area contributed by atoms with Crippen LogP contribution in [0.5, 0.6) is 5.75 Å². The van der Waals surface area contributed by atoms with E-state index in [0.717, 1.165) is 38.1 Å². The highest BCUT2D eigenvalue weighted by atomic mass is 19.1. The molecule has 1 heterocycles. The van der Waals surface area contributed by atoms with Gasteiger partial charge in [0.1, 0.15) is 11.6 Å². The first kappa shape index (κ1) is 16.7. The largest absolute Gasteiger partial charge is 0.494 e. The van der Waals surface area contributed by atoms with E-state index in [2.05, 4.69) is 4.90 Å². The molecule has 0 aromatic heterocycles. The summed E-state index contributed by atoms with van der Waals surface area (Å²) in [4.78, 5) is 14.8. The number of carbonyl (C=O) groups is 1. The van der Waals surface area contributed by atoms with Crippen molar-refractivity contribution >= 4 is 5.78 Å². The first-order chi connectivity index (χ1) is 11.7. The number of hydrogen-bond acceptors (Lipinski definition) is 3. The number of halogens is 1. The highest BCUT2D eigenvalue weighted by Gasteiger charge is 2.30. The van der Waals surface area contributed by atoms with Gasteiger partial charge < -0.3 is 4.74 Å². The molecule has 1 aliphatic rings. The summed E-state index contributed by atoms with van der Waals surface area (Å²) in [6.45, 7) is 2.41. The number of Topliss-reactive ketones (excluding diaryl/α,β-unsaturated/α-hetero) is 1. The first-order valence-corrected chi connectivity index (χ1v) is 8.46. The summed E-state index contributed by atoms with van der Waals surface area (Å²) in [5.74, 6) is 0.655. The zero-order valence-electron chi connectivity index (χ0n) is 13.7. The van der Waals surface area contributed by atoms with Crippen molar-refractivity contribution in [3.8, 4) is 5.75 Å². The molecule has 3 nitrogen and oxygen atoms in total. The standard InChI is InChI=1S/C20H22FNO2/c21-17-11-9-16(10-12-17)20(23)19-8-4-13-22(19)14-5-15-24-18-6-2-1-3-7-18/h1-3,6-7,9-12,19H,4-5,8,13-15H2. The molecule has 0 spiro atoms. The van der Waals surface area contributed by atoms with Gasteiger partial charge in [-0.25, -0.2) is 4.39 Å². The van der Waals surface area contributed by atoms with Crippen molar-refractivity contribution in [1.29, 1.82) is 0 Å². The van der Waals surface area contributed by atoms with E-state index in [9.17, 15) is 9.18 Å². The molecule has 1 unspecified atom stereocenters. The van der Waals surface area contributed by atoms with Crippen molar-refractivity contribution < 1.29 is 13.9 Å². The maximum atomic E-state index is 13.0. The zero-order chi connectivity index (χ0) is 16.8. The second-order valence-electron chi connectivity index (χ2n) is 6.08. The van der Waals surface area contributed by atoms with E-state index in [1.54, 1.807) is 12.1 Å². The minimum atomic E-state index is -0.312. The second-order valence-corrected chi connectivity index (χ2v) is 6.08. The van der Waals surface area contributed by atoms with Gasteiger partial charge in [0.15, 0.2) is 5.78 Å². The molecule has 24 heavy (non-hydrogen) atoms. The molecule has 0 saturated carbocycles. The predicted molar refractivity (Wildman–Crippen MR) is 91.9 cm³/mol. The van der Waals surface area contributed by atoms with Crippen molar-refractivity contribution in [2.24, 2.45) is 0 Å². The molecule has 1 fully saturated rings. The third kappa shape index (κ3) is 4.20. The van der Waals surface area contributed by atoms with Crippen molar-refractivity contribution in [1.82, 2.24) is 4.90 Å². The summed E-state index contributed by atoms with van der Waals surface area (Å²) in [5.41, 5.74) is 0.592. The Morgan fingerprint density at radius 1 is 1.12 bits per heavy atom. The molecule has 1 atom stereocenters. The molecule has 0 bridgehead atoms. The van der Waals surface area contributed by atoms with Crippen LogP contribution in [0.4, 0.5) is 4.39 Å². The summed E-state index contributed by atoms with van der Waals surface area (Å²) in [7, 11) is 0. The molecule has 0 N–H and O–H groups in total. The van der Waals surface area contributed by atoms with Gasteiger partial charge in [-0.3, -0.25) is 9.69 Å². The number of carbonyl (C=O) groups excluding carboxylic acids is 1.